The van der Waals surface area contributed by atoms with Crippen LogP contribution in [0.3, 0.4) is 0 Å². The van der Waals surface area contributed by atoms with E-state index in [1.165, 1.54) is 7.11 Å². The Hall–Kier alpha value is -2.30. The molecule has 0 saturated heterocycles. The summed E-state index contributed by atoms with van der Waals surface area (Å²) in [7, 11) is 1.38. The first-order chi connectivity index (χ1) is 11.3. The van der Waals surface area contributed by atoms with Gasteiger partial charge in [0.2, 0.25) is 0 Å². The number of para-hydroxylation sites is 2. The van der Waals surface area contributed by atoms with Gasteiger partial charge in [-0.2, -0.15) is 0 Å². The van der Waals surface area contributed by atoms with Crippen LogP contribution in [0.2, 0.25) is 0 Å². The molecule has 128 valence electrons. The lowest BCUT2D eigenvalue weighted by atomic mass is 9.74. The second kappa shape index (κ2) is 5.96. The van der Waals surface area contributed by atoms with Crippen LogP contribution in [0.15, 0.2) is 35.5 Å². The van der Waals surface area contributed by atoms with Crippen molar-refractivity contribution in [2.24, 2.45) is 5.41 Å². The third-order valence-corrected chi connectivity index (χ3v) is 4.83. The minimum absolute atomic E-state index is 0.0604. The average Bonchev–Trinajstić information content (AvgIpc) is 2.61. The van der Waals surface area contributed by atoms with E-state index in [4.69, 9.17) is 4.74 Å². The molecule has 5 nitrogen and oxygen atoms in total. The molecule has 1 aromatic carbocycles. The highest BCUT2D eigenvalue weighted by molar-refractivity contribution is 6.01. The number of carbonyl (C=O) groups excluding carboxylic acids is 2. The summed E-state index contributed by atoms with van der Waals surface area (Å²) >= 11 is 0. The molecule has 1 aliphatic heterocycles. The van der Waals surface area contributed by atoms with Gasteiger partial charge in [-0.1, -0.05) is 26.0 Å². The number of esters is 1. The predicted molar refractivity (Wildman–Crippen MR) is 93.9 cm³/mol. The Morgan fingerprint density at radius 2 is 2.04 bits per heavy atom. The van der Waals surface area contributed by atoms with Crippen molar-refractivity contribution < 1.29 is 14.3 Å². The van der Waals surface area contributed by atoms with E-state index in [0.29, 0.717) is 6.42 Å². The number of ketones is 1. The number of anilines is 2. The van der Waals surface area contributed by atoms with Crippen LogP contribution in [-0.4, -0.2) is 31.4 Å². The number of rotatable bonds is 2. The van der Waals surface area contributed by atoms with Crippen molar-refractivity contribution in [3.63, 3.8) is 0 Å². The molecular formula is C19H24N2O3. The number of ether oxygens (including phenoxy) is 1. The summed E-state index contributed by atoms with van der Waals surface area (Å²) < 4.78 is 4.85. The minimum atomic E-state index is -0.315. The van der Waals surface area contributed by atoms with Crippen molar-refractivity contribution >= 4 is 23.1 Å². The number of hydrogen-bond acceptors (Lipinski definition) is 5. The maximum absolute atomic E-state index is 12.8. The van der Waals surface area contributed by atoms with E-state index >= 15 is 0 Å². The van der Waals surface area contributed by atoms with Crippen LogP contribution in [0.25, 0.3) is 0 Å². The third kappa shape index (κ3) is 2.90. The monoisotopic (exact) mass is 328 g/mol. The first-order valence-electron chi connectivity index (χ1n) is 8.28. The highest BCUT2D eigenvalue weighted by Gasteiger charge is 2.39. The zero-order valence-electron chi connectivity index (χ0n) is 14.7. The summed E-state index contributed by atoms with van der Waals surface area (Å²) in [5.74, 6) is -0.159. The van der Waals surface area contributed by atoms with Gasteiger partial charge in [-0.25, -0.2) is 0 Å². The van der Waals surface area contributed by atoms with Crippen LogP contribution in [0, 0.1) is 5.41 Å². The topological polar surface area (TPSA) is 58.6 Å². The van der Waals surface area contributed by atoms with Crippen molar-refractivity contribution in [1.82, 2.24) is 0 Å². The van der Waals surface area contributed by atoms with Gasteiger partial charge in [-0.3, -0.25) is 9.59 Å². The molecule has 0 bridgehead atoms. The smallest absolute Gasteiger partial charge is 0.325 e. The second-order valence-corrected chi connectivity index (χ2v) is 7.36. The van der Waals surface area contributed by atoms with Crippen LogP contribution in [0.4, 0.5) is 11.4 Å². The average molecular weight is 328 g/mol. The molecule has 1 aromatic rings. The van der Waals surface area contributed by atoms with Gasteiger partial charge < -0.3 is 15.0 Å². The summed E-state index contributed by atoms with van der Waals surface area (Å²) in [5, 5.41) is 3.46. The largest absolute Gasteiger partial charge is 0.468 e. The van der Waals surface area contributed by atoms with E-state index in [-0.39, 0.29) is 29.8 Å². The molecule has 0 unspecified atom stereocenters. The molecule has 1 aliphatic carbocycles. The molecule has 0 aromatic heterocycles. The maximum Gasteiger partial charge on any atom is 0.325 e. The SMILES string of the molecule is COC(=O)CN1c2ccccc2NC2=C(C(=O)CC(C)(C)C2)[C@@H]1C. The van der Waals surface area contributed by atoms with Gasteiger partial charge in [-0.15, -0.1) is 0 Å². The number of fused-ring (bicyclic) bond motifs is 1. The van der Waals surface area contributed by atoms with E-state index in [1.54, 1.807) is 0 Å². The number of carbonyl (C=O) groups is 2. The second-order valence-electron chi connectivity index (χ2n) is 7.36. The molecule has 0 amide bonds. The lowest BCUT2D eigenvalue weighted by molar-refractivity contribution is -0.139. The Bertz CT molecular complexity index is 721. The molecule has 5 heteroatoms. The van der Waals surface area contributed by atoms with E-state index in [9.17, 15) is 9.59 Å². The fourth-order valence-electron chi connectivity index (χ4n) is 3.71. The Morgan fingerprint density at radius 3 is 2.75 bits per heavy atom. The number of nitrogens with one attached hydrogen (secondary N) is 1. The fraction of sp³-hybridized carbons (Fsp3) is 0.474. The first-order valence-corrected chi connectivity index (χ1v) is 8.28. The van der Waals surface area contributed by atoms with Gasteiger partial charge >= 0.3 is 5.97 Å². The number of hydrogen-bond donors (Lipinski definition) is 1. The van der Waals surface area contributed by atoms with E-state index in [2.05, 4.69) is 19.2 Å². The van der Waals surface area contributed by atoms with Crippen LogP contribution in [0.5, 0.6) is 0 Å². The fourth-order valence-corrected chi connectivity index (χ4v) is 3.71. The molecule has 0 fully saturated rings. The Balaban J connectivity index is 2.10. The summed E-state index contributed by atoms with van der Waals surface area (Å²) in [4.78, 5) is 26.7. The summed E-state index contributed by atoms with van der Waals surface area (Å²) in [6.07, 6.45) is 1.35. The van der Waals surface area contributed by atoms with Crippen molar-refractivity contribution in [1.29, 1.82) is 0 Å². The quantitative estimate of drug-likeness (QED) is 0.845. The lowest BCUT2D eigenvalue weighted by Crippen LogP contribution is -2.42. The molecule has 0 saturated carbocycles. The molecule has 0 spiro atoms. The normalized spacial score (nSPS) is 22.2. The standard InChI is InChI=1S/C19H24N2O3/c1-12-18-14(9-19(2,3)10-16(18)22)20-13-7-5-6-8-15(13)21(12)11-17(23)24-4/h5-8,12,20H,9-11H2,1-4H3/t12-/m0/s1. The van der Waals surface area contributed by atoms with Crippen molar-refractivity contribution in [3.8, 4) is 0 Å². The summed E-state index contributed by atoms with van der Waals surface area (Å²) in [6.45, 7) is 6.33. The zero-order chi connectivity index (χ0) is 17.5. The number of benzene rings is 1. The van der Waals surface area contributed by atoms with Crippen LogP contribution in [0.1, 0.15) is 33.6 Å². The van der Waals surface area contributed by atoms with E-state index in [1.807, 2.05) is 36.1 Å². The van der Waals surface area contributed by atoms with Gasteiger partial charge in [0.25, 0.3) is 0 Å². The maximum atomic E-state index is 12.8. The molecular weight excluding hydrogens is 304 g/mol. The summed E-state index contributed by atoms with van der Waals surface area (Å²) in [5.41, 5.74) is 3.53. The molecule has 1 heterocycles. The number of methoxy groups -OCH3 is 1. The molecule has 1 atom stereocenters. The molecule has 3 rings (SSSR count). The van der Waals surface area contributed by atoms with Gasteiger partial charge in [-0.05, 0) is 30.9 Å². The minimum Gasteiger partial charge on any atom is -0.468 e. The van der Waals surface area contributed by atoms with Crippen LogP contribution >= 0.6 is 0 Å². The first kappa shape index (κ1) is 16.6. The van der Waals surface area contributed by atoms with Crippen LogP contribution < -0.4 is 10.2 Å². The van der Waals surface area contributed by atoms with Gasteiger partial charge in [0.05, 0.1) is 24.5 Å². The van der Waals surface area contributed by atoms with Crippen molar-refractivity contribution in [2.75, 3.05) is 23.9 Å². The highest BCUT2D eigenvalue weighted by atomic mass is 16.5. The predicted octanol–water partition coefficient (Wildman–Crippen LogP) is 3.12. The molecule has 2 aliphatic rings. The van der Waals surface area contributed by atoms with Gasteiger partial charge in [0, 0.05) is 17.7 Å². The van der Waals surface area contributed by atoms with E-state index < -0.39 is 0 Å². The number of Topliss-reactive ketones (excluding diaryl/α,β-unsaturated/α-hetero) is 1. The Kier molecular flexibility index (Phi) is 4.11. The molecule has 1 N–H and O–H groups in total. The third-order valence-electron chi connectivity index (χ3n) is 4.83. The van der Waals surface area contributed by atoms with E-state index in [0.717, 1.165) is 29.1 Å². The summed E-state index contributed by atoms with van der Waals surface area (Å²) in [6, 6.07) is 7.66. The lowest BCUT2D eigenvalue weighted by Gasteiger charge is -2.35. The van der Waals surface area contributed by atoms with Gasteiger partial charge in [0.15, 0.2) is 5.78 Å². The van der Waals surface area contributed by atoms with Crippen molar-refractivity contribution in [2.45, 2.75) is 39.7 Å². The van der Waals surface area contributed by atoms with Crippen LogP contribution in [-0.2, 0) is 14.3 Å². The molecule has 24 heavy (non-hydrogen) atoms. The molecule has 0 radical (unpaired) electrons. The number of nitrogens with zero attached hydrogens (tertiary/aromatic N) is 1. The Morgan fingerprint density at radius 1 is 1.33 bits per heavy atom. The van der Waals surface area contributed by atoms with Gasteiger partial charge in [0.1, 0.15) is 6.54 Å². The number of allylic oxidation sites excluding steroid dienone is 1. The highest BCUT2D eigenvalue weighted by Crippen LogP contribution is 2.43. The zero-order valence-corrected chi connectivity index (χ0v) is 14.7. The Labute approximate surface area is 142 Å². The van der Waals surface area contributed by atoms with Crippen molar-refractivity contribution in [3.05, 3.63) is 35.5 Å².